The zero-order valence-electron chi connectivity index (χ0n) is 16.7. The first-order chi connectivity index (χ1) is 14.2. The predicted molar refractivity (Wildman–Crippen MR) is 110 cm³/mol. The van der Waals surface area contributed by atoms with Crippen molar-refractivity contribution in [1.82, 2.24) is 14.8 Å². The van der Waals surface area contributed by atoms with Crippen LogP contribution in [0, 0.1) is 0 Å². The molecule has 0 saturated carbocycles. The molecule has 4 rings (SSSR count). The van der Waals surface area contributed by atoms with Crippen molar-refractivity contribution < 1.29 is 14.3 Å². The summed E-state index contributed by atoms with van der Waals surface area (Å²) in [7, 11) is 0. The summed E-state index contributed by atoms with van der Waals surface area (Å²) in [5, 5.41) is 0. The number of carbonyl (C=O) groups is 2. The van der Waals surface area contributed by atoms with Gasteiger partial charge in [0.15, 0.2) is 0 Å². The lowest BCUT2D eigenvalue weighted by Crippen LogP contribution is -2.51. The van der Waals surface area contributed by atoms with E-state index in [0.29, 0.717) is 24.3 Å². The minimum absolute atomic E-state index is 0.205. The molecular weight excluding hydrogens is 368 g/mol. The Morgan fingerprint density at radius 1 is 0.931 bits per heavy atom. The minimum atomic E-state index is -0.227. The molecule has 1 aromatic heterocycles. The van der Waals surface area contributed by atoms with Gasteiger partial charge in [-0.3, -0.25) is 19.4 Å². The average molecular weight is 394 g/mol. The van der Waals surface area contributed by atoms with E-state index in [4.69, 9.17) is 4.74 Å². The molecule has 2 aliphatic rings. The number of anilines is 1. The maximum Gasteiger partial charge on any atom is 0.261 e. The molecule has 29 heavy (non-hydrogen) atoms. The van der Waals surface area contributed by atoms with Gasteiger partial charge >= 0.3 is 0 Å². The van der Waals surface area contributed by atoms with Gasteiger partial charge in [-0.1, -0.05) is 18.2 Å². The second kappa shape index (κ2) is 8.71. The molecule has 7 heteroatoms. The Balaban J connectivity index is 1.36. The van der Waals surface area contributed by atoms with Gasteiger partial charge in [0.2, 0.25) is 0 Å². The van der Waals surface area contributed by atoms with Crippen molar-refractivity contribution in [1.29, 1.82) is 0 Å². The van der Waals surface area contributed by atoms with Crippen molar-refractivity contribution in [3.63, 3.8) is 0 Å². The molecule has 0 spiro atoms. The van der Waals surface area contributed by atoms with Crippen molar-refractivity contribution in [2.75, 3.05) is 50.8 Å². The Morgan fingerprint density at radius 3 is 2.17 bits per heavy atom. The smallest absolute Gasteiger partial charge is 0.261 e. The van der Waals surface area contributed by atoms with Crippen molar-refractivity contribution in [3.8, 4) is 0 Å². The van der Waals surface area contributed by atoms with Crippen LogP contribution in [-0.4, -0.2) is 78.6 Å². The quantitative estimate of drug-likeness (QED) is 0.669. The number of ether oxygens (including phenoxy) is 1. The Morgan fingerprint density at radius 2 is 1.59 bits per heavy atom. The molecule has 7 nitrogen and oxygen atoms in total. The highest BCUT2D eigenvalue weighted by Gasteiger charge is 2.37. The highest BCUT2D eigenvalue weighted by molar-refractivity contribution is 6.21. The third kappa shape index (κ3) is 4.16. The standard InChI is InChI=1S/C22H26N4O3/c1-2-29-17(16-26-21(27)18-7-3-4-8-19(18)22(26)28)15-24-11-13-25(14-12-24)20-9-5-6-10-23-20/h3-10,17H,2,11-16H2,1H3. The van der Waals surface area contributed by atoms with Crippen LogP contribution in [0.1, 0.15) is 27.6 Å². The summed E-state index contributed by atoms with van der Waals surface area (Å²) in [6.07, 6.45) is 1.61. The van der Waals surface area contributed by atoms with Gasteiger partial charge in [0.1, 0.15) is 5.82 Å². The monoisotopic (exact) mass is 394 g/mol. The van der Waals surface area contributed by atoms with Crippen molar-refractivity contribution in [3.05, 3.63) is 59.8 Å². The number of piperazine rings is 1. The summed E-state index contributed by atoms with van der Waals surface area (Å²) in [6.45, 7) is 7.02. The van der Waals surface area contributed by atoms with Crippen LogP contribution in [0.3, 0.4) is 0 Å². The van der Waals surface area contributed by atoms with E-state index >= 15 is 0 Å². The van der Waals surface area contributed by atoms with Crippen LogP contribution in [0.25, 0.3) is 0 Å². The zero-order valence-corrected chi connectivity index (χ0v) is 16.7. The van der Waals surface area contributed by atoms with Gasteiger partial charge in [-0.2, -0.15) is 0 Å². The lowest BCUT2D eigenvalue weighted by molar-refractivity contribution is 0.0111. The summed E-state index contributed by atoms with van der Waals surface area (Å²) in [5.41, 5.74) is 0.966. The number of rotatable bonds is 7. The Bertz CT molecular complexity index is 830. The summed E-state index contributed by atoms with van der Waals surface area (Å²) < 4.78 is 5.90. The van der Waals surface area contributed by atoms with Gasteiger partial charge in [0, 0.05) is 45.5 Å². The number of carbonyl (C=O) groups excluding carboxylic acids is 2. The molecule has 2 amide bonds. The van der Waals surface area contributed by atoms with E-state index in [2.05, 4.69) is 14.8 Å². The predicted octanol–water partition coefficient (Wildman–Crippen LogP) is 1.90. The van der Waals surface area contributed by atoms with E-state index < -0.39 is 0 Å². The summed E-state index contributed by atoms with van der Waals surface area (Å²) in [6, 6.07) is 12.9. The minimum Gasteiger partial charge on any atom is -0.375 e. The van der Waals surface area contributed by atoms with Crippen LogP contribution in [0.4, 0.5) is 5.82 Å². The molecule has 3 heterocycles. The second-order valence-electron chi connectivity index (χ2n) is 7.32. The van der Waals surface area contributed by atoms with Gasteiger partial charge < -0.3 is 9.64 Å². The first-order valence-electron chi connectivity index (χ1n) is 10.1. The van der Waals surface area contributed by atoms with Crippen LogP contribution < -0.4 is 4.90 Å². The van der Waals surface area contributed by atoms with Crippen molar-refractivity contribution in [2.45, 2.75) is 13.0 Å². The SMILES string of the molecule is CCOC(CN1CCN(c2ccccn2)CC1)CN1C(=O)c2ccccc2C1=O. The highest BCUT2D eigenvalue weighted by Crippen LogP contribution is 2.23. The number of hydrogen-bond donors (Lipinski definition) is 0. The van der Waals surface area contributed by atoms with E-state index in [-0.39, 0.29) is 24.5 Å². The third-order valence-corrected chi connectivity index (χ3v) is 5.47. The topological polar surface area (TPSA) is 66.0 Å². The van der Waals surface area contributed by atoms with Gasteiger partial charge in [0.25, 0.3) is 11.8 Å². The summed E-state index contributed by atoms with van der Waals surface area (Å²) in [4.78, 5) is 35.7. The van der Waals surface area contributed by atoms with Crippen LogP contribution in [0.2, 0.25) is 0 Å². The van der Waals surface area contributed by atoms with E-state index in [0.717, 1.165) is 32.0 Å². The van der Waals surface area contributed by atoms with Crippen LogP contribution >= 0.6 is 0 Å². The third-order valence-electron chi connectivity index (χ3n) is 5.47. The van der Waals surface area contributed by atoms with Gasteiger partial charge in [-0.15, -0.1) is 0 Å². The average Bonchev–Trinajstić information content (AvgIpc) is 3.00. The second-order valence-corrected chi connectivity index (χ2v) is 7.32. The molecule has 2 aliphatic heterocycles. The number of hydrogen-bond acceptors (Lipinski definition) is 6. The van der Waals surface area contributed by atoms with Gasteiger partial charge in [0.05, 0.1) is 23.8 Å². The lowest BCUT2D eigenvalue weighted by atomic mass is 10.1. The van der Waals surface area contributed by atoms with E-state index in [1.165, 1.54) is 4.90 Å². The van der Waals surface area contributed by atoms with Crippen LogP contribution in [0.5, 0.6) is 0 Å². The van der Waals surface area contributed by atoms with Gasteiger partial charge in [-0.05, 0) is 31.2 Å². The van der Waals surface area contributed by atoms with Crippen LogP contribution in [-0.2, 0) is 4.74 Å². The normalized spacial score (nSPS) is 18.2. The molecule has 0 N–H and O–H groups in total. The largest absolute Gasteiger partial charge is 0.375 e. The number of fused-ring (bicyclic) bond motifs is 1. The molecule has 0 aliphatic carbocycles. The molecule has 1 saturated heterocycles. The Labute approximate surface area is 170 Å². The maximum absolute atomic E-state index is 12.7. The first kappa shape index (κ1) is 19.5. The molecule has 0 radical (unpaired) electrons. The van der Waals surface area contributed by atoms with E-state index in [1.54, 1.807) is 24.3 Å². The molecule has 2 aromatic rings. The number of imide groups is 1. The fraction of sp³-hybridized carbons (Fsp3) is 0.409. The summed E-state index contributed by atoms with van der Waals surface area (Å²) in [5.74, 6) is 0.546. The van der Waals surface area contributed by atoms with Gasteiger partial charge in [-0.25, -0.2) is 4.98 Å². The number of nitrogens with zero attached hydrogens (tertiary/aromatic N) is 4. The first-order valence-corrected chi connectivity index (χ1v) is 10.1. The molecule has 1 atom stereocenters. The van der Waals surface area contributed by atoms with Crippen LogP contribution in [0.15, 0.2) is 48.7 Å². The van der Waals surface area contributed by atoms with E-state index in [1.807, 2.05) is 31.3 Å². The maximum atomic E-state index is 12.7. The fourth-order valence-electron chi connectivity index (χ4n) is 4.00. The Kier molecular flexibility index (Phi) is 5.87. The number of aromatic nitrogens is 1. The molecule has 0 bridgehead atoms. The summed E-state index contributed by atoms with van der Waals surface area (Å²) >= 11 is 0. The lowest BCUT2D eigenvalue weighted by Gasteiger charge is -2.37. The molecule has 1 aromatic carbocycles. The molecule has 152 valence electrons. The van der Waals surface area contributed by atoms with E-state index in [9.17, 15) is 9.59 Å². The number of pyridine rings is 1. The molecule has 1 unspecified atom stereocenters. The molecule has 1 fully saturated rings. The zero-order chi connectivity index (χ0) is 20.2. The number of benzene rings is 1. The van der Waals surface area contributed by atoms with Crippen molar-refractivity contribution in [2.24, 2.45) is 0 Å². The van der Waals surface area contributed by atoms with Crippen molar-refractivity contribution >= 4 is 17.6 Å². The number of amides is 2. The Hall–Kier alpha value is -2.77. The molecular formula is C22H26N4O3. The fourth-order valence-corrected chi connectivity index (χ4v) is 4.00. The highest BCUT2D eigenvalue weighted by atomic mass is 16.5.